The van der Waals surface area contributed by atoms with Gasteiger partial charge in [-0.2, -0.15) is 0 Å². The molecule has 4 nitrogen and oxygen atoms in total. The van der Waals surface area contributed by atoms with Crippen LogP contribution in [-0.2, 0) is 4.79 Å². The second kappa shape index (κ2) is 6.57. The van der Waals surface area contributed by atoms with Crippen LogP contribution in [0.4, 0.5) is 0 Å². The van der Waals surface area contributed by atoms with E-state index >= 15 is 0 Å². The summed E-state index contributed by atoms with van der Waals surface area (Å²) in [6.07, 6.45) is 0.722. The van der Waals surface area contributed by atoms with Crippen LogP contribution in [0, 0.1) is 5.41 Å². The molecule has 1 aromatic carbocycles. The van der Waals surface area contributed by atoms with Crippen molar-refractivity contribution in [1.29, 1.82) is 0 Å². The SMILES string of the molecule is CCC(C)(CN)C(=O)NC(C)c1cccc(OC)c1. The van der Waals surface area contributed by atoms with Gasteiger partial charge in [0.15, 0.2) is 0 Å². The van der Waals surface area contributed by atoms with Crippen molar-refractivity contribution in [2.24, 2.45) is 11.1 Å². The van der Waals surface area contributed by atoms with Gasteiger partial charge in [-0.15, -0.1) is 0 Å². The Morgan fingerprint density at radius 2 is 2.21 bits per heavy atom. The van der Waals surface area contributed by atoms with Crippen LogP contribution in [0.25, 0.3) is 0 Å². The van der Waals surface area contributed by atoms with E-state index in [1.807, 2.05) is 45.0 Å². The number of rotatable bonds is 6. The van der Waals surface area contributed by atoms with Crippen LogP contribution in [-0.4, -0.2) is 19.6 Å². The molecule has 0 aliphatic rings. The van der Waals surface area contributed by atoms with E-state index in [1.165, 1.54) is 0 Å². The van der Waals surface area contributed by atoms with E-state index in [4.69, 9.17) is 10.5 Å². The maximum atomic E-state index is 12.2. The van der Waals surface area contributed by atoms with Gasteiger partial charge < -0.3 is 15.8 Å². The van der Waals surface area contributed by atoms with Crippen molar-refractivity contribution in [3.8, 4) is 5.75 Å². The summed E-state index contributed by atoms with van der Waals surface area (Å²) >= 11 is 0. The Morgan fingerprint density at radius 3 is 2.74 bits per heavy atom. The number of hydrogen-bond donors (Lipinski definition) is 2. The number of carbonyl (C=O) groups is 1. The summed E-state index contributed by atoms with van der Waals surface area (Å²) in [6.45, 7) is 6.17. The van der Waals surface area contributed by atoms with Gasteiger partial charge in [0, 0.05) is 6.54 Å². The third-order valence-electron chi connectivity index (χ3n) is 3.72. The summed E-state index contributed by atoms with van der Waals surface area (Å²) in [6, 6.07) is 7.63. The monoisotopic (exact) mass is 264 g/mol. The van der Waals surface area contributed by atoms with Crippen molar-refractivity contribution < 1.29 is 9.53 Å². The van der Waals surface area contributed by atoms with Crippen LogP contribution in [0.15, 0.2) is 24.3 Å². The number of carbonyl (C=O) groups excluding carboxylic acids is 1. The highest BCUT2D eigenvalue weighted by molar-refractivity contribution is 5.82. The van der Waals surface area contributed by atoms with Crippen LogP contribution in [0.2, 0.25) is 0 Å². The number of benzene rings is 1. The fourth-order valence-corrected chi connectivity index (χ4v) is 1.76. The van der Waals surface area contributed by atoms with Gasteiger partial charge in [-0.1, -0.05) is 19.1 Å². The number of nitrogens with two attached hydrogens (primary N) is 1. The number of nitrogens with one attached hydrogen (secondary N) is 1. The van der Waals surface area contributed by atoms with Gasteiger partial charge >= 0.3 is 0 Å². The van der Waals surface area contributed by atoms with Crippen LogP contribution in [0.1, 0.15) is 38.8 Å². The van der Waals surface area contributed by atoms with Crippen molar-refractivity contribution in [3.05, 3.63) is 29.8 Å². The molecular weight excluding hydrogens is 240 g/mol. The summed E-state index contributed by atoms with van der Waals surface area (Å²) in [7, 11) is 1.63. The van der Waals surface area contributed by atoms with Crippen molar-refractivity contribution in [3.63, 3.8) is 0 Å². The molecule has 0 aliphatic carbocycles. The summed E-state index contributed by atoms with van der Waals surface area (Å²) in [5.74, 6) is 0.781. The van der Waals surface area contributed by atoms with Crippen LogP contribution >= 0.6 is 0 Å². The molecule has 19 heavy (non-hydrogen) atoms. The molecule has 3 N–H and O–H groups in total. The zero-order chi connectivity index (χ0) is 14.5. The second-order valence-corrected chi connectivity index (χ2v) is 5.09. The standard InChI is InChI=1S/C15H24N2O2/c1-5-15(3,10-16)14(18)17-11(2)12-7-6-8-13(9-12)19-4/h6-9,11H,5,10,16H2,1-4H3,(H,17,18). The van der Waals surface area contributed by atoms with Gasteiger partial charge in [-0.05, 0) is 38.0 Å². The number of hydrogen-bond acceptors (Lipinski definition) is 3. The van der Waals surface area contributed by atoms with E-state index in [0.29, 0.717) is 6.54 Å². The maximum Gasteiger partial charge on any atom is 0.227 e. The quantitative estimate of drug-likeness (QED) is 0.828. The van der Waals surface area contributed by atoms with E-state index in [9.17, 15) is 4.79 Å². The van der Waals surface area contributed by atoms with Crippen molar-refractivity contribution >= 4 is 5.91 Å². The Hall–Kier alpha value is -1.55. The van der Waals surface area contributed by atoms with E-state index in [-0.39, 0.29) is 11.9 Å². The number of methoxy groups -OCH3 is 1. The van der Waals surface area contributed by atoms with Crippen molar-refractivity contribution in [2.45, 2.75) is 33.2 Å². The van der Waals surface area contributed by atoms with Crippen molar-refractivity contribution in [1.82, 2.24) is 5.32 Å². The van der Waals surface area contributed by atoms with Gasteiger partial charge in [0.2, 0.25) is 5.91 Å². The molecule has 0 heterocycles. The molecule has 1 amide bonds. The molecule has 106 valence electrons. The lowest BCUT2D eigenvalue weighted by molar-refractivity contribution is -0.130. The minimum atomic E-state index is -0.507. The molecule has 2 unspecified atom stereocenters. The Kier molecular flexibility index (Phi) is 5.36. The molecule has 1 rings (SSSR count). The predicted octanol–water partition coefficient (Wildman–Crippen LogP) is 2.25. The lowest BCUT2D eigenvalue weighted by atomic mass is 9.86. The van der Waals surface area contributed by atoms with Gasteiger partial charge in [0.25, 0.3) is 0 Å². The molecule has 0 spiro atoms. The van der Waals surface area contributed by atoms with E-state index < -0.39 is 5.41 Å². The molecule has 0 saturated heterocycles. The van der Waals surface area contributed by atoms with Gasteiger partial charge in [-0.3, -0.25) is 4.79 Å². The molecule has 2 atom stereocenters. The highest BCUT2D eigenvalue weighted by Gasteiger charge is 2.30. The molecule has 0 bridgehead atoms. The van der Waals surface area contributed by atoms with E-state index in [1.54, 1.807) is 7.11 Å². The van der Waals surface area contributed by atoms with Gasteiger partial charge in [0.05, 0.1) is 18.6 Å². The normalized spacial score (nSPS) is 15.4. The van der Waals surface area contributed by atoms with Crippen molar-refractivity contribution in [2.75, 3.05) is 13.7 Å². The Bertz CT molecular complexity index is 428. The zero-order valence-electron chi connectivity index (χ0n) is 12.2. The smallest absolute Gasteiger partial charge is 0.227 e. The molecule has 0 fully saturated rings. The number of ether oxygens (including phenoxy) is 1. The van der Waals surface area contributed by atoms with E-state index in [0.717, 1.165) is 17.7 Å². The Labute approximate surface area is 115 Å². The first-order valence-electron chi connectivity index (χ1n) is 6.62. The molecule has 0 radical (unpaired) electrons. The highest BCUT2D eigenvalue weighted by Crippen LogP contribution is 2.23. The third-order valence-corrected chi connectivity index (χ3v) is 3.72. The van der Waals surface area contributed by atoms with Crippen LogP contribution < -0.4 is 15.8 Å². The zero-order valence-corrected chi connectivity index (χ0v) is 12.2. The second-order valence-electron chi connectivity index (χ2n) is 5.09. The molecular formula is C15H24N2O2. The summed E-state index contributed by atoms with van der Waals surface area (Å²) in [5, 5.41) is 3.02. The fourth-order valence-electron chi connectivity index (χ4n) is 1.76. The van der Waals surface area contributed by atoms with E-state index in [2.05, 4.69) is 5.32 Å². The molecule has 1 aromatic rings. The highest BCUT2D eigenvalue weighted by atomic mass is 16.5. The summed E-state index contributed by atoms with van der Waals surface area (Å²) < 4.78 is 5.19. The topological polar surface area (TPSA) is 64.4 Å². The average molecular weight is 264 g/mol. The lowest BCUT2D eigenvalue weighted by Gasteiger charge is -2.27. The molecule has 0 aliphatic heterocycles. The predicted molar refractivity (Wildman–Crippen MR) is 77.0 cm³/mol. The Balaban J connectivity index is 2.79. The van der Waals surface area contributed by atoms with Crippen LogP contribution in [0.3, 0.4) is 0 Å². The summed E-state index contributed by atoms with van der Waals surface area (Å²) in [5.41, 5.74) is 6.21. The molecule has 0 saturated carbocycles. The van der Waals surface area contributed by atoms with Crippen LogP contribution in [0.5, 0.6) is 5.75 Å². The summed E-state index contributed by atoms with van der Waals surface area (Å²) in [4.78, 5) is 12.2. The third kappa shape index (κ3) is 3.70. The first kappa shape index (κ1) is 15.5. The first-order chi connectivity index (χ1) is 8.96. The lowest BCUT2D eigenvalue weighted by Crippen LogP contribution is -2.44. The molecule has 4 heteroatoms. The van der Waals surface area contributed by atoms with Gasteiger partial charge in [-0.25, -0.2) is 0 Å². The largest absolute Gasteiger partial charge is 0.497 e. The minimum Gasteiger partial charge on any atom is -0.497 e. The Morgan fingerprint density at radius 1 is 1.53 bits per heavy atom. The molecule has 0 aromatic heterocycles. The average Bonchev–Trinajstić information content (AvgIpc) is 2.46. The minimum absolute atomic E-state index is 0.00665. The first-order valence-corrected chi connectivity index (χ1v) is 6.62. The van der Waals surface area contributed by atoms with Gasteiger partial charge in [0.1, 0.15) is 5.75 Å². The fraction of sp³-hybridized carbons (Fsp3) is 0.533. The maximum absolute atomic E-state index is 12.2. The number of amides is 1.